The SMILES string of the molecule is COc1ccc(F)c(F)c1CN1C[C@H]2C[C@@H](Oc3cccc(OC)c3OC)[C@H](O)C[C@H]2C1. The summed E-state index contributed by atoms with van der Waals surface area (Å²) in [5, 5.41) is 10.8. The van der Waals surface area contributed by atoms with Gasteiger partial charge in [0.2, 0.25) is 5.75 Å². The van der Waals surface area contributed by atoms with Gasteiger partial charge in [-0.25, -0.2) is 8.78 Å². The van der Waals surface area contributed by atoms with E-state index in [4.69, 9.17) is 18.9 Å². The summed E-state index contributed by atoms with van der Waals surface area (Å²) in [5.74, 6) is 0.708. The van der Waals surface area contributed by atoms with Gasteiger partial charge in [0, 0.05) is 25.2 Å². The molecule has 1 heterocycles. The van der Waals surface area contributed by atoms with E-state index in [0.29, 0.717) is 48.9 Å². The molecule has 1 aliphatic carbocycles. The van der Waals surface area contributed by atoms with Crippen molar-refractivity contribution in [3.8, 4) is 23.0 Å². The predicted octanol–water partition coefficient (Wildman–Crippen LogP) is 3.64. The van der Waals surface area contributed by atoms with Gasteiger partial charge in [0.25, 0.3) is 0 Å². The number of aliphatic hydroxyl groups excluding tert-OH is 1. The van der Waals surface area contributed by atoms with E-state index in [9.17, 15) is 13.9 Å². The number of nitrogens with zero attached hydrogens (tertiary/aromatic N) is 1. The van der Waals surface area contributed by atoms with Crippen LogP contribution >= 0.6 is 0 Å². The summed E-state index contributed by atoms with van der Waals surface area (Å²) in [6, 6.07) is 7.92. The number of aliphatic hydroxyl groups is 1. The number of rotatable bonds is 7. The minimum absolute atomic E-state index is 0.223. The van der Waals surface area contributed by atoms with E-state index in [1.165, 1.54) is 13.2 Å². The topological polar surface area (TPSA) is 60.4 Å². The zero-order valence-corrected chi connectivity index (χ0v) is 18.5. The first kappa shape index (κ1) is 22.6. The van der Waals surface area contributed by atoms with Crippen LogP contribution in [0.4, 0.5) is 8.78 Å². The summed E-state index contributed by atoms with van der Waals surface area (Å²) < 4.78 is 50.3. The van der Waals surface area contributed by atoms with Gasteiger partial charge in [-0.15, -0.1) is 0 Å². The molecule has 1 saturated heterocycles. The maximum absolute atomic E-state index is 14.4. The molecule has 0 bridgehead atoms. The van der Waals surface area contributed by atoms with Gasteiger partial charge in [0.05, 0.1) is 27.4 Å². The van der Waals surface area contributed by atoms with Crippen molar-refractivity contribution in [2.75, 3.05) is 34.4 Å². The van der Waals surface area contributed by atoms with Crippen molar-refractivity contribution in [1.82, 2.24) is 4.90 Å². The number of para-hydroxylation sites is 1. The molecule has 8 heteroatoms. The van der Waals surface area contributed by atoms with Crippen LogP contribution in [-0.4, -0.2) is 56.6 Å². The fourth-order valence-corrected chi connectivity index (χ4v) is 4.99. The third kappa shape index (κ3) is 4.34. The minimum atomic E-state index is -0.881. The van der Waals surface area contributed by atoms with Gasteiger partial charge < -0.3 is 24.1 Å². The van der Waals surface area contributed by atoms with E-state index < -0.39 is 23.8 Å². The molecule has 4 rings (SSSR count). The van der Waals surface area contributed by atoms with Crippen LogP contribution in [0.15, 0.2) is 30.3 Å². The average Bonchev–Trinajstić information content (AvgIpc) is 3.18. The van der Waals surface area contributed by atoms with E-state index in [2.05, 4.69) is 4.90 Å². The molecule has 2 aliphatic rings. The summed E-state index contributed by atoms with van der Waals surface area (Å²) in [7, 11) is 4.56. The number of fused-ring (bicyclic) bond motifs is 1. The van der Waals surface area contributed by atoms with Crippen molar-refractivity contribution < 1.29 is 32.8 Å². The Morgan fingerprint density at radius 2 is 1.59 bits per heavy atom. The normalized spacial score (nSPS) is 25.3. The summed E-state index contributed by atoms with van der Waals surface area (Å²) in [5.41, 5.74) is 0.223. The second-order valence-corrected chi connectivity index (χ2v) is 8.44. The van der Waals surface area contributed by atoms with Crippen LogP contribution in [0.25, 0.3) is 0 Å². The first-order valence-electron chi connectivity index (χ1n) is 10.7. The second kappa shape index (κ2) is 9.50. The van der Waals surface area contributed by atoms with Crippen LogP contribution in [0.2, 0.25) is 0 Å². The van der Waals surface area contributed by atoms with Crippen molar-refractivity contribution in [2.45, 2.75) is 31.6 Å². The smallest absolute Gasteiger partial charge is 0.203 e. The minimum Gasteiger partial charge on any atom is -0.496 e. The summed E-state index contributed by atoms with van der Waals surface area (Å²) in [4.78, 5) is 2.09. The van der Waals surface area contributed by atoms with Gasteiger partial charge in [-0.3, -0.25) is 4.90 Å². The molecule has 6 nitrogen and oxygen atoms in total. The predicted molar refractivity (Wildman–Crippen MR) is 114 cm³/mol. The number of methoxy groups -OCH3 is 3. The van der Waals surface area contributed by atoms with Crippen LogP contribution in [0.5, 0.6) is 23.0 Å². The van der Waals surface area contributed by atoms with Gasteiger partial charge in [0.1, 0.15) is 11.9 Å². The Bertz CT molecular complexity index is 956. The molecule has 0 radical (unpaired) electrons. The fraction of sp³-hybridized carbons (Fsp3) is 0.500. The first-order valence-corrected chi connectivity index (χ1v) is 10.7. The van der Waals surface area contributed by atoms with E-state index >= 15 is 0 Å². The number of hydrogen-bond donors (Lipinski definition) is 1. The Hall–Kier alpha value is -2.58. The summed E-state index contributed by atoms with van der Waals surface area (Å²) in [6.45, 7) is 1.67. The van der Waals surface area contributed by atoms with Gasteiger partial charge in [-0.1, -0.05) is 6.07 Å². The molecule has 1 saturated carbocycles. The van der Waals surface area contributed by atoms with Crippen LogP contribution in [0, 0.1) is 23.5 Å². The fourth-order valence-electron chi connectivity index (χ4n) is 4.99. The highest BCUT2D eigenvalue weighted by Gasteiger charge is 2.43. The Labute approximate surface area is 186 Å². The van der Waals surface area contributed by atoms with E-state index in [-0.39, 0.29) is 23.9 Å². The summed E-state index contributed by atoms with van der Waals surface area (Å²) >= 11 is 0. The largest absolute Gasteiger partial charge is 0.496 e. The number of hydrogen-bond acceptors (Lipinski definition) is 6. The molecule has 174 valence electrons. The molecule has 1 aliphatic heterocycles. The molecule has 2 aromatic carbocycles. The highest BCUT2D eigenvalue weighted by Crippen LogP contribution is 2.42. The molecule has 2 fully saturated rings. The molecule has 0 unspecified atom stereocenters. The highest BCUT2D eigenvalue weighted by molar-refractivity contribution is 5.51. The molecule has 1 N–H and O–H groups in total. The van der Waals surface area contributed by atoms with Gasteiger partial charge in [-0.2, -0.15) is 0 Å². The number of halogens is 2. The van der Waals surface area contributed by atoms with E-state index in [0.717, 1.165) is 6.07 Å². The number of likely N-dealkylation sites (tertiary alicyclic amines) is 1. The molecular weight excluding hydrogens is 420 g/mol. The summed E-state index contributed by atoms with van der Waals surface area (Å²) in [6.07, 6.45) is 0.219. The third-order valence-electron chi connectivity index (χ3n) is 6.56. The standard InChI is InChI=1S/C24H29F2NO5/c1-29-19-8-7-17(25)23(26)16(19)13-27-11-14-9-18(28)22(10-15(14)12-27)32-21-6-4-5-20(30-2)24(21)31-3/h4-8,14-15,18,22,28H,9-13H2,1-3H3/t14-,15+,18+,22+/m0/s1. The molecule has 2 aromatic rings. The maximum atomic E-state index is 14.4. The molecule has 0 amide bonds. The molecule has 4 atom stereocenters. The Kier molecular flexibility index (Phi) is 6.71. The van der Waals surface area contributed by atoms with Gasteiger partial charge in [-0.05, 0) is 48.9 Å². The van der Waals surface area contributed by atoms with Crippen molar-refractivity contribution in [3.63, 3.8) is 0 Å². The quantitative estimate of drug-likeness (QED) is 0.697. The van der Waals surface area contributed by atoms with Crippen LogP contribution < -0.4 is 18.9 Å². The first-order chi connectivity index (χ1) is 15.4. The van der Waals surface area contributed by atoms with Gasteiger partial charge in [0.15, 0.2) is 23.1 Å². The third-order valence-corrected chi connectivity index (χ3v) is 6.56. The Morgan fingerprint density at radius 1 is 0.906 bits per heavy atom. The molecule has 32 heavy (non-hydrogen) atoms. The Balaban J connectivity index is 1.46. The lowest BCUT2D eigenvalue weighted by atomic mass is 9.78. The zero-order chi connectivity index (χ0) is 22.8. The lowest BCUT2D eigenvalue weighted by Gasteiger charge is -2.35. The molecule has 0 spiro atoms. The van der Waals surface area contributed by atoms with Crippen molar-refractivity contribution >= 4 is 0 Å². The zero-order valence-electron chi connectivity index (χ0n) is 18.5. The molecule has 0 aromatic heterocycles. The maximum Gasteiger partial charge on any atom is 0.203 e. The second-order valence-electron chi connectivity index (χ2n) is 8.44. The van der Waals surface area contributed by atoms with Crippen LogP contribution in [0.1, 0.15) is 18.4 Å². The Morgan fingerprint density at radius 3 is 2.28 bits per heavy atom. The number of ether oxygens (including phenoxy) is 4. The van der Waals surface area contributed by atoms with E-state index in [1.54, 1.807) is 26.4 Å². The number of benzene rings is 2. The van der Waals surface area contributed by atoms with Crippen LogP contribution in [-0.2, 0) is 6.54 Å². The lowest BCUT2D eigenvalue weighted by Crippen LogP contribution is -2.42. The monoisotopic (exact) mass is 449 g/mol. The van der Waals surface area contributed by atoms with Crippen molar-refractivity contribution in [3.05, 3.63) is 47.5 Å². The van der Waals surface area contributed by atoms with Gasteiger partial charge >= 0.3 is 0 Å². The van der Waals surface area contributed by atoms with Crippen molar-refractivity contribution in [2.24, 2.45) is 11.8 Å². The van der Waals surface area contributed by atoms with E-state index in [1.807, 2.05) is 6.07 Å². The lowest BCUT2D eigenvalue weighted by molar-refractivity contribution is -0.0241. The molecular formula is C24H29F2NO5. The van der Waals surface area contributed by atoms with Crippen LogP contribution in [0.3, 0.4) is 0 Å². The van der Waals surface area contributed by atoms with Crippen molar-refractivity contribution in [1.29, 1.82) is 0 Å². The highest BCUT2D eigenvalue weighted by atomic mass is 19.2. The average molecular weight is 449 g/mol.